The molecule has 3 aromatic heterocycles. The van der Waals surface area contributed by atoms with Crippen LogP contribution in [-0.2, 0) is 0 Å². The second-order valence-electron chi connectivity index (χ2n) is 5.84. The zero-order valence-electron chi connectivity index (χ0n) is 13.3. The molecule has 0 aliphatic rings. The fourth-order valence-electron chi connectivity index (χ4n) is 3.19. The Kier molecular flexibility index (Phi) is 3.29. The Balaban J connectivity index is 1.87. The van der Waals surface area contributed by atoms with Gasteiger partial charge in [-0.3, -0.25) is 9.78 Å². The number of H-pyrrole nitrogens is 2. The van der Waals surface area contributed by atoms with Crippen LogP contribution in [-0.4, -0.2) is 19.9 Å². The number of halogens is 1. The summed E-state index contributed by atoms with van der Waals surface area (Å²) in [6.45, 7) is 0. The van der Waals surface area contributed by atoms with Crippen molar-refractivity contribution in [2.24, 2.45) is 0 Å². The molecule has 7 heteroatoms. The molecular weight excluding hydrogens is 351 g/mol. The number of hydrogen-bond acceptors (Lipinski definition) is 4. The Labute approximate surface area is 150 Å². The highest BCUT2D eigenvalue weighted by atomic mass is 32.2. The molecule has 0 aliphatic carbocycles. The quantitative estimate of drug-likeness (QED) is 0.461. The second-order valence-corrected chi connectivity index (χ2v) is 6.90. The number of hydrogen-bond donors (Lipinski definition) is 2. The highest BCUT2D eigenvalue weighted by Gasteiger charge is 2.16. The lowest BCUT2D eigenvalue weighted by Gasteiger charge is -2.05. The van der Waals surface area contributed by atoms with E-state index in [1.54, 1.807) is 30.7 Å². The van der Waals surface area contributed by atoms with Crippen LogP contribution in [0.2, 0.25) is 0 Å². The number of nitrogens with one attached hydrogen (secondary N) is 2. The Bertz CT molecular complexity index is 1340. The van der Waals surface area contributed by atoms with Crippen LogP contribution in [0.4, 0.5) is 4.39 Å². The number of imidazole rings is 1. The molecule has 0 saturated carbocycles. The number of benzene rings is 2. The lowest BCUT2D eigenvalue weighted by Crippen LogP contribution is -2.05. The van der Waals surface area contributed by atoms with E-state index in [1.807, 2.05) is 12.1 Å². The van der Waals surface area contributed by atoms with Gasteiger partial charge in [0.15, 0.2) is 5.16 Å². The zero-order valence-corrected chi connectivity index (χ0v) is 14.1. The maximum atomic E-state index is 13.8. The summed E-state index contributed by atoms with van der Waals surface area (Å²) in [5.41, 5.74) is 1.22. The third-order valence-corrected chi connectivity index (χ3v) is 5.13. The summed E-state index contributed by atoms with van der Waals surface area (Å²) in [5, 5.41) is 3.15. The van der Waals surface area contributed by atoms with Crippen LogP contribution in [0.15, 0.2) is 69.8 Å². The zero-order chi connectivity index (χ0) is 17.7. The van der Waals surface area contributed by atoms with E-state index in [1.165, 1.54) is 23.9 Å². The smallest absolute Gasteiger partial charge is 0.256 e. The largest absolute Gasteiger partial charge is 0.332 e. The van der Waals surface area contributed by atoms with Crippen molar-refractivity contribution in [3.05, 3.63) is 71.2 Å². The van der Waals surface area contributed by atoms with Gasteiger partial charge < -0.3 is 9.97 Å². The van der Waals surface area contributed by atoms with Crippen molar-refractivity contribution in [1.82, 2.24) is 19.9 Å². The van der Waals surface area contributed by atoms with Gasteiger partial charge in [-0.2, -0.15) is 0 Å². The molecule has 2 N–H and O–H groups in total. The number of aromatic nitrogens is 4. The molecule has 0 fully saturated rings. The first-order valence-electron chi connectivity index (χ1n) is 7.91. The maximum absolute atomic E-state index is 13.8. The van der Waals surface area contributed by atoms with Crippen LogP contribution >= 0.6 is 11.8 Å². The van der Waals surface area contributed by atoms with E-state index in [9.17, 15) is 9.18 Å². The van der Waals surface area contributed by atoms with Crippen LogP contribution in [0.3, 0.4) is 0 Å². The summed E-state index contributed by atoms with van der Waals surface area (Å²) in [5.74, 6) is -0.387. The van der Waals surface area contributed by atoms with E-state index in [-0.39, 0.29) is 11.4 Å². The van der Waals surface area contributed by atoms with E-state index in [2.05, 4.69) is 15.0 Å². The molecule has 26 heavy (non-hydrogen) atoms. The number of rotatable bonds is 2. The topological polar surface area (TPSA) is 74.4 Å². The summed E-state index contributed by atoms with van der Waals surface area (Å²) in [4.78, 5) is 28.1. The molecular formula is C19H11FN4OS. The Hall–Kier alpha value is -3.19. The third kappa shape index (κ3) is 2.28. The molecule has 0 spiro atoms. The van der Waals surface area contributed by atoms with Crippen LogP contribution in [0, 0.1) is 5.82 Å². The Morgan fingerprint density at radius 1 is 1.08 bits per heavy atom. The molecule has 5 rings (SSSR count). The summed E-state index contributed by atoms with van der Waals surface area (Å²) in [6.07, 6.45) is 5.06. The highest BCUT2D eigenvalue weighted by Crippen LogP contribution is 2.35. The maximum Gasteiger partial charge on any atom is 0.256 e. The molecule has 0 saturated heterocycles. The third-order valence-electron chi connectivity index (χ3n) is 4.27. The van der Waals surface area contributed by atoms with Gasteiger partial charge in [-0.25, -0.2) is 9.37 Å². The van der Waals surface area contributed by atoms with Crippen molar-refractivity contribution in [2.75, 3.05) is 0 Å². The molecule has 3 heterocycles. The minimum absolute atomic E-state index is 0.254. The predicted octanol–water partition coefficient (Wildman–Crippen LogP) is 4.24. The van der Waals surface area contributed by atoms with Gasteiger partial charge in [-0.15, -0.1) is 0 Å². The van der Waals surface area contributed by atoms with Crippen LogP contribution in [0.25, 0.3) is 32.6 Å². The van der Waals surface area contributed by atoms with Gasteiger partial charge in [0.1, 0.15) is 5.82 Å². The molecule has 0 aliphatic heterocycles. The van der Waals surface area contributed by atoms with Gasteiger partial charge in [0.2, 0.25) is 0 Å². The normalized spacial score (nSPS) is 11.6. The fourth-order valence-corrected chi connectivity index (χ4v) is 3.97. The highest BCUT2D eigenvalue weighted by molar-refractivity contribution is 7.99. The average Bonchev–Trinajstić information content (AvgIpc) is 3.06. The van der Waals surface area contributed by atoms with E-state index < -0.39 is 0 Å². The summed E-state index contributed by atoms with van der Waals surface area (Å²) in [6, 6.07) is 10.0. The van der Waals surface area contributed by atoms with Crippen molar-refractivity contribution >= 4 is 44.3 Å². The molecule has 0 bridgehead atoms. The SMILES string of the molecule is O=c1[nH]ccc2c3[nH]c(Sc4cccnc4)nc3c3ccc(F)cc3c12. The average molecular weight is 362 g/mol. The van der Waals surface area contributed by atoms with E-state index in [4.69, 9.17) is 4.98 Å². The van der Waals surface area contributed by atoms with Gasteiger partial charge in [0.25, 0.3) is 5.56 Å². The van der Waals surface area contributed by atoms with Gasteiger partial charge >= 0.3 is 0 Å². The number of nitrogens with zero attached hydrogens (tertiary/aromatic N) is 2. The van der Waals surface area contributed by atoms with E-state index in [0.29, 0.717) is 26.8 Å². The monoisotopic (exact) mass is 362 g/mol. The molecule has 0 amide bonds. The van der Waals surface area contributed by atoms with Gasteiger partial charge in [-0.1, -0.05) is 11.8 Å². The number of fused-ring (bicyclic) bond motifs is 6. The first-order valence-corrected chi connectivity index (χ1v) is 8.72. The second kappa shape index (κ2) is 5.67. The first kappa shape index (κ1) is 15.1. The lowest BCUT2D eigenvalue weighted by atomic mass is 10.0. The predicted molar refractivity (Wildman–Crippen MR) is 100 cm³/mol. The van der Waals surface area contributed by atoms with Crippen LogP contribution in [0.5, 0.6) is 0 Å². The molecule has 5 nitrogen and oxygen atoms in total. The van der Waals surface area contributed by atoms with Crippen molar-refractivity contribution in [3.63, 3.8) is 0 Å². The number of aromatic amines is 2. The van der Waals surface area contributed by atoms with Crippen molar-refractivity contribution < 1.29 is 4.39 Å². The van der Waals surface area contributed by atoms with Crippen LogP contribution < -0.4 is 5.56 Å². The first-order chi connectivity index (χ1) is 12.7. The molecule has 0 atom stereocenters. The minimum Gasteiger partial charge on any atom is -0.332 e. The van der Waals surface area contributed by atoms with Crippen molar-refractivity contribution in [3.8, 4) is 0 Å². The molecule has 0 radical (unpaired) electrons. The van der Waals surface area contributed by atoms with Crippen molar-refractivity contribution in [2.45, 2.75) is 10.1 Å². The van der Waals surface area contributed by atoms with Gasteiger partial charge in [-0.05, 0) is 36.4 Å². The van der Waals surface area contributed by atoms with E-state index in [0.717, 1.165) is 15.8 Å². The summed E-state index contributed by atoms with van der Waals surface area (Å²) < 4.78 is 13.8. The summed E-state index contributed by atoms with van der Waals surface area (Å²) >= 11 is 1.45. The number of pyridine rings is 2. The fraction of sp³-hybridized carbons (Fsp3) is 0. The molecule has 2 aromatic carbocycles. The molecule has 0 unspecified atom stereocenters. The molecule has 126 valence electrons. The van der Waals surface area contributed by atoms with Gasteiger partial charge in [0.05, 0.1) is 16.4 Å². The lowest BCUT2D eigenvalue weighted by molar-refractivity contribution is 0.630. The minimum atomic E-state index is -0.387. The standard InChI is InChI=1S/C19H11FN4OS/c20-10-3-4-12-14(8-10)15-13(5-7-22-18(15)25)17-16(12)23-19(24-17)26-11-2-1-6-21-9-11/h1-9H,(H,22,25)(H,23,24). The summed E-state index contributed by atoms with van der Waals surface area (Å²) in [7, 11) is 0. The Morgan fingerprint density at radius 2 is 2.00 bits per heavy atom. The van der Waals surface area contributed by atoms with E-state index >= 15 is 0 Å². The molecule has 5 aromatic rings. The van der Waals surface area contributed by atoms with Gasteiger partial charge in [0, 0.05) is 39.6 Å². The van der Waals surface area contributed by atoms with Crippen LogP contribution in [0.1, 0.15) is 0 Å². The Morgan fingerprint density at radius 3 is 2.85 bits per heavy atom. The van der Waals surface area contributed by atoms with Crippen molar-refractivity contribution in [1.29, 1.82) is 0 Å².